The lowest BCUT2D eigenvalue weighted by atomic mass is 10.2. The molecule has 0 unspecified atom stereocenters. The van der Waals surface area contributed by atoms with Gasteiger partial charge in [-0.15, -0.1) is 0 Å². The molecule has 0 saturated heterocycles. The fourth-order valence-electron chi connectivity index (χ4n) is 1.76. The van der Waals surface area contributed by atoms with Gasteiger partial charge >= 0.3 is 0 Å². The second-order valence-corrected chi connectivity index (χ2v) is 4.19. The van der Waals surface area contributed by atoms with Gasteiger partial charge in [-0.25, -0.2) is 0 Å². The van der Waals surface area contributed by atoms with Crippen molar-refractivity contribution in [2.24, 2.45) is 12.8 Å². The first-order valence-corrected chi connectivity index (χ1v) is 6.30. The van der Waals surface area contributed by atoms with Crippen LogP contribution in [0.25, 0.3) is 0 Å². The SMILES string of the molecule is CCOc1cc(CN)ccc1OCc1ccn(C)n1. The van der Waals surface area contributed by atoms with E-state index in [1.54, 1.807) is 4.68 Å². The van der Waals surface area contributed by atoms with Crippen LogP contribution in [0.4, 0.5) is 0 Å². The molecule has 0 fully saturated rings. The third-order valence-electron chi connectivity index (χ3n) is 2.69. The lowest BCUT2D eigenvalue weighted by molar-refractivity contribution is 0.265. The predicted octanol–water partition coefficient (Wildman–Crippen LogP) is 1.86. The minimum absolute atomic E-state index is 0.420. The van der Waals surface area contributed by atoms with E-state index in [0.717, 1.165) is 17.0 Å². The molecule has 5 heteroatoms. The largest absolute Gasteiger partial charge is 0.490 e. The van der Waals surface area contributed by atoms with Crippen molar-refractivity contribution in [2.75, 3.05) is 6.61 Å². The maximum atomic E-state index is 5.75. The molecule has 102 valence electrons. The van der Waals surface area contributed by atoms with Crippen molar-refractivity contribution in [3.63, 3.8) is 0 Å². The van der Waals surface area contributed by atoms with Gasteiger partial charge in [0, 0.05) is 19.8 Å². The summed E-state index contributed by atoms with van der Waals surface area (Å²) in [5.41, 5.74) is 7.53. The summed E-state index contributed by atoms with van der Waals surface area (Å²) in [6.45, 7) is 3.44. The van der Waals surface area contributed by atoms with E-state index in [1.165, 1.54) is 0 Å². The Morgan fingerprint density at radius 3 is 2.68 bits per heavy atom. The van der Waals surface area contributed by atoms with Crippen molar-refractivity contribution in [2.45, 2.75) is 20.1 Å². The molecule has 1 heterocycles. The summed E-state index contributed by atoms with van der Waals surface area (Å²) in [5.74, 6) is 1.44. The van der Waals surface area contributed by atoms with Crippen LogP contribution in [-0.2, 0) is 20.2 Å². The molecule has 0 amide bonds. The third kappa shape index (κ3) is 3.48. The van der Waals surface area contributed by atoms with Crippen molar-refractivity contribution in [1.82, 2.24) is 9.78 Å². The van der Waals surface area contributed by atoms with Gasteiger partial charge < -0.3 is 15.2 Å². The van der Waals surface area contributed by atoms with Gasteiger partial charge in [-0.3, -0.25) is 4.68 Å². The molecular formula is C14H19N3O2. The molecule has 5 nitrogen and oxygen atoms in total. The molecular weight excluding hydrogens is 242 g/mol. The van der Waals surface area contributed by atoms with E-state index in [4.69, 9.17) is 15.2 Å². The summed E-state index contributed by atoms with van der Waals surface area (Å²) in [6, 6.07) is 7.66. The molecule has 2 aromatic rings. The van der Waals surface area contributed by atoms with Crippen LogP contribution in [0.2, 0.25) is 0 Å². The summed E-state index contributed by atoms with van der Waals surface area (Å²) < 4.78 is 13.1. The van der Waals surface area contributed by atoms with Crippen molar-refractivity contribution in [1.29, 1.82) is 0 Å². The highest BCUT2D eigenvalue weighted by Gasteiger charge is 2.07. The molecule has 1 aromatic heterocycles. The van der Waals surface area contributed by atoms with Gasteiger partial charge in [0.15, 0.2) is 11.5 Å². The number of nitrogens with two attached hydrogens (primary N) is 1. The maximum absolute atomic E-state index is 5.75. The van der Waals surface area contributed by atoms with Crippen molar-refractivity contribution >= 4 is 0 Å². The molecule has 0 aliphatic heterocycles. The Morgan fingerprint density at radius 1 is 1.21 bits per heavy atom. The fraction of sp³-hybridized carbons (Fsp3) is 0.357. The quantitative estimate of drug-likeness (QED) is 0.862. The number of ether oxygens (including phenoxy) is 2. The lowest BCUT2D eigenvalue weighted by Crippen LogP contribution is -2.03. The number of nitrogens with zero attached hydrogens (tertiary/aromatic N) is 2. The van der Waals surface area contributed by atoms with Crippen molar-refractivity contribution in [3.05, 3.63) is 41.7 Å². The molecule has 0 bridgehead atoms. The highest BCUT2D eigenvalue weighted by Crippen LogP contribution is 2.29. The van der Waals surface area contributed by atoms with Gasteiger partial charge in [-0.1, -0.05) is 6.07 Å². The summed E-state index contributed by atoms with van der Waals surface area (Å²) in [6.07, 6.45) is 1.89. The van der Waals surface area contributed by atoms with Gasteiger partial charge in [-0.05, 0) is 30.7 Å². The normalized spacial score (nSPS) is 10.5. The van der Waals surface area contributed by atoms with E-state index in [1.807, 2.05) is 44.4 Å². The van der Waals surface area contributed by atoms with Crippen LogP contribution in [0, 0.1) is 0 Å². The molecule has 19 heavy (non-hydrogen) atoms. The van der Waals surface area contributed by atoms with E-state index in [0.29, 0.717) is 25.5 Å². The van der Waals surface area contributed by atoms with Gasteiger partial charge in [0.1, 0.15) is 6.61 Å². The maximum Gasteiger partial charge on any atom is 0.161 e. The molecule has 0 saturated carbocycles. The van der Waals surface area contributed by atoms with E-state index >= 15 is 0 Å². The van der Waals surface area contributed by atoms with Crippen molar-refractivity contribution in [3.8, 4) is 11.5 Å². The molecule has 2 N–H and O–H groups in total. The van der Waals surface area contributed by atoms with E-state index < -0.39 is 0 Å². The zero-order valence-electron chi connectivity index (χ0n) is 11.3. The summed E-state index contributed by atoms with van der Waals surface area (Å²) in [4.78, 5) is 0. The van der Waals surface area contributed by atoms with Crippen LogP contribution in [-0.4, -0.2) is 16.4 Å². The molecule has 0 spiro atoms. The molecule has 0 radical (unpaired) electrons. The predicted molar refractivity (Wildman–Crippen MR) is 73.0 cm³/mol. The van der Waals surface area contributed by atoms with Gasteiger partial charge in [0.2, 0.25) is 0 Å². The monoisotopic (exact) mass is 261 g/mol. The van der Waals surface area contributed by atoms with Crippen LogP contribution in [0.5, 0.6) is 11.5 Å². The zero-order chi connectivity index (χ0) is 13.7. The second kappa shape index (κ2) is 6.24. The van der Waals surface area contributed by atoms with E-state index in [9.17, 15) is 0 Å². The van der Waals surface area contributed by atoms with Gasteiger partial charge in [0.25, 0.3) is 0 Å². The van der Waals surface area contributed by atoms with Crippen LogP contribution in [0.1, 0.15) is 18.2 Å². The summed E-state index contributed by atoms with van der Waals surface area (Å²) in [5, 5.41) is 4.27. The fourth-order valence-corrected chi connectivity index (χ4v) is 1.76. The molecule has 0 aliphatic rings. The van der Waals surface area contributed by atoms with Crippen LogP contribution < -0.4 is 15.2 Å². The highest BCUT2D eigenvalue weighted by molar-refractivity contribution is 5.43. The second-order valence-electron chi connectivity index (χ2n) is 4.19. The smallest absolute Gasteiger partial charge is 0.161 e. The average Bonchev–Trinajstić information content (AvgIpc) is 2.83. The topological polar surface area (TPSA) is 62.3 Å². The Balaban J connectivity index is 2.10. The van der Waals surface area contributed by atoms with E-state index in [2.05, 4.69) is 5.10 Å². The Morgan fingerprint density at radius 2 is 2.05 bits per heavy atom. The number of benzene rings is 1. The van der Waals surface area contributed by atoms with Crippen LogP contribution >= 0.6 is 0 Å². The molecule has 1 aromatic carbocycles. The van der Waals surface area contributed by atoms with E-state index in [-0.39, 0.29) is 0 Å². The minimum Gasteiger partial charge on any atom is -0.490 e. The zero-order valence-corrected chi connectivity index (χ0v) is 11.3. The average molecular weight is 261 g/mol. The van der Waals surface area contributed by atoms with Gasteiger partial charge in [-0.2, -0.15) is 5.10 Å². The first-order chi connectivity index (χ1) is 9.22. The summed E-state index contributed by atoms with van der Waals surface area (Å²) >= 11 is 0. The number of aromatic nitrogens is 2. The number of aryl methyl sites for hydroxylation is 1. The molecule has 2 rings (SSSR count). The Labute approximate surface area is 112 Å². The first-order valence-electron chi connectivity index (χ1n) is 6.30. The number of hydrogen-bond donors (Lipinski definition) is 1. The minimum atomic E-state index is 0.420. The van der Waals surface area contributed by atoms with Crippen LogP contribution in [0.3, 0.4) is 0 Å². The van der Waals surface area contributed by atoms with Crippen LogP contribution in [0.15, 0.2) is 30.5 Å². The Hall–Kier alpha value is -2.01. The molecule has 0 aliphatic carbocycles. The number of hydrogen-bond acceptors (Lipinski definition) is 4. The standard InChI is InChI=1S/C14H19N3O2/c1-3-18-14-8-11(9-15)4-5-13(14)19-10-12-6-7-17(2)16-12/h4-8H,3,9-10,15H2,1-2H3. The molecule has 0 atom stereocenters. The number of rotatable bonds is 6. The first kappa shape index (κ1) is 13.4. The Bertz CT molecular complexity index is 537. The van der Waals surface area contributed by atoms with Crippen molar-refractivity contribution < 1.29 is 9.47 Å². The Kier molecular flexibility index (Phi) is 4.41. The highest BCUT2D eigenvalue weighted by atomic mass is 16.5. The lowest BCUT2D eigenvalue weighted by Gasteiger charge is -2.12. The van der Waals surface area contributed by atoms with Gasteiger partial charge in [0.05, 0.1) is 12.3 Å². The third-order valence-corrected chi connectivity index (χ3v) is 2.69. The summed E-state index contributed by atoms with van der Waals surface area (Å²) in [7, 11) is 1.88.